The van der Waals surface area contributed by atoms with Crippen LogP contribution in [0.1, 0.15) is 64.2 Å². The van der Waals surface area contributed by atoms with Gasteiger partial charge < -0.3 is 18.6 Å². The molecular formula is C33H44N8O7. The van der Waals surface area contributed by atoms with Crippen LogP contribution in [-0.2, 0) is 55.0 Å². The van der Waals surface area contributed by atoms with Crippen LogP contribution in [0, 0.1) is 17.8 Å². The lowest BCUT2D eigenvalue weighted by molar-refractivity contribution is -0.183. The van der Waals surface area contributed by atoms with Crippen molar-refractivity contribution < 1.29 is 14.3 Å². The summed E-state index contributed by atoms with van der Waals surface area (Å²) in [4.78, 5) is 70.7. The van der Waals surface area contributed by atoms with E-state index in [1.165, 1.54) is 31.1 Å². The number of carbonyl (C=O) groups is 1. The lowest BCUT2D eigenvalue weighted by Gasteiger charge is -2.35. The summed E-state index contributed by atoms with van der Waals surface area (Å²) >= 11 is 0. The van der Waals surface area contributed by atoms with Crippen molar-refractivity contribution in [2.75, 3.05) is 13.2 Å². The van der Waals surface area contributed by atoms with Crippen LogP contribution in [0.2, 0.25) is 0 Å². The molecule has 1 spiro atoms. The summed E-state index contributed by atoms with van der Waals surface area (Å²) in [6.07, 6.45) is 11.7. The first-order valence-electron chi connectivity index (χ1n) is 17.1. The maximum atomic E-state index is 12.9. The third-order valence-electron chi connectivity index (χ3n) is 10.7. The van der Waals surface area contributed by atoms with E-state index in [1.54, 1.807) is 38.4 Å². The Labute approximate surface area is 275 Å². The third-order valence-corrected chi connectivity index (χ3v) is 10.7. The van der Waals surface area contributed by atoms with Gasteiger partial charge in [-0.25, -0.2) is 19.6 Å². The number of aromatic nitrogens is 8. The monoisotopic (exact) mass is 664 g/mol. The summed E-state index contributed by atoms with van der Waals surface area (Å²) in [6.45, 7) is 2.93. The van der Waals surface area contributed by atoms with Crippen LogP contribution in [0.4, 0.5) is 0 Å². The van der Waals surface area contributed by atoms with Crippen molar-refractivity contribution >= 4 is 28.1 Å². The molecule has 258 valence electrons. The number of rotatable bonds is 6. The van der Waals surface area contributed by atoms with Gasteiger partial charge in [0, 0.05) is 66.5 Å². The number of nitrogens with zero attached hydrogens (tertiary/aromatic N) is 8. The van der Waals surface area contributed by atoms with Crippen molar-refractivity contribution in [2.24, 2.45) is 38.9 Å². The molecule has 0 unspecified atom stereocenters. The van der Waals surface area contributed by atoms with E-state index in [-0.39, 0.29) is 40.1 Å². The van der Waals surface area contributed by atoms with Crippen molar-refractivity contribution in [3.63, 3.8) is 0 Å². The Kier molecular flexibility index (Phi) is 8.60. The van der Waals surface area contributed by atoms with E-state index in [0.717, 1.165) is 45.1 Å². The second kappa shape index (κ2) is 12.7. The molecule has 15 heteroatoms. The molecule has 3 saturated carbocycles. The van der Waals surface area contributed by atoms with Gasteiger partial charge in [-0.3, -0.25) is 32.7 Å². The average molecular weight is 665 g/mol. The molecule has 1 saturated heterocycles. The zero-order chi connectivity index (χ0) is 33.7. The minimum Gasteiger partial charge on any atom is -0.348 e. The number of imidazole rings is 2. The van der Waals surface area contributed by atoms with Crippen molar-refractivity contribution in [3.8, 4) is 0 Å². The number of carbonyl (C=O) groups excluding carboxylic acids is 1. The van der Waals surface area contributed by atoms with Crippen LogP contribution in [0.15, 0.2) is 31.8 Å². The molecule has 3 aliphatic carbocycles. The van der Waals surface area contributed by atoms with Crippen molar-refractivity contribution in [2.45, 2.75) is 89.6 Å². The lowest BCUT2D eigenvalue weighted by atomic mass is 9.85. The van der Waals surface area contributed by atoms with Gasteiger partial charge in [0.2, 0.25) is 0 Å². The summed E-state index contributed by atoms with van der Waals surface area (Å²) in [6, 6.07) is 0. The maximum Gasteiger partial charge on any atom is 0.332 e. The Morgan fingerprint density at radius 1 is 0.667 bits per heavy atom. The van der Waals surface area contributed by atoms with E-state index in [2.05, 4.69) is 9.97 Å². The number of hydrogen-bond donors (Lipinski definition) is 0. The van der Waals surface area contributed by atoms with E-state index < -0.39 is 5.79 Å². The van der Waals surface area contributed by atoms with Crippen LogP contribution in [0.25, 0.3) is 22.3 Å². The molecule has 0 atom stereocenters. The average Bonchev–Trinajstić information content (AvgIpc) is 3.41. The number of aryl methyl sites for hydroxylation is 3. The van der Waals surface area contributed by atoms with E-state index in [9.17, 15) is 24.0 Å². The van der Waals surface area contributed by atoms with Crippen LogP contribution < -0.4 is 22.5 Å². The number of hydrogen-bond acceptors (Lipinski definition) is 9. The fourth-order valence-electron chi connectivity index (χ4n) is 7.54. The van der Waals surface area contributed by atoms with E-state index in [1.807, 2.05) is 4.57 Å². The zero-order valence-electron chi connectivity index (χ0n) is 27.9. The second-order valence-corrected chi connectivity index (χ2v) is 14.1. The molecule has 4 aliphatic rings. The van der Waals surface area contributed by atoms with E-state index in [0.29, 0.717) is 67.4 Å². The molecule has 8 rings (SSSR count). The van der Waals surface area contributed by atoms with Gasteiger partial charge in [-0.2, -0.15) is 0 Å². The van der Waals surface area contributed by atoms with Crippen LogP contribution in [0.3, 0.4) is 0 Å². The van der Waals surface area contributed by atoms with Gasteiger partial charge in [0.25, 0.3) is 11.1 Å². The summed E-state index contributed by atoms with van der Waals surface area (Å²) in [7, 11) is 5.09. The topological polar surface area (TPSA) is 159 Å². The first kappa shape index (κ1) is 32.4. The van der Waals surface area contributed by atoms with Crippen LogP contribution in [0.5, 0.6) is 0 Å². The van der Waals surface area contributed by atoms with Gasteiger partial charge in [0.15, 0.2) is 28.1 Å². The van der Waals surface area contributed by atoms with Gasteiger partial charge in [-0.15, -0.1) is 0 Å². The number of ketones is 1. The van der Waals surface area contributed by atoms with Crippen molar-refractivity contribution in [1.82, 2.24) is 37.4 Å². The fraction of sp³-hybridized carbons (Fsp3) is 0.667. The molecule has 15 nitrogen and oxygen atoms in total. The van der Waals surface area contributed by atoms with Gasteiger partial charge in [-0.1, -0.05) is 0 Å². The molecule has 1 aliphatic heterocycles. The molecule has 4 fully saturated rings. The number of ether oxygens (including phenoxy) is 2. The first-order valence-corrected chi connectivity index (χ1v) is 17.1. The summed E-state index contributed by atoms with van der Waals surface area (Å²) in [5, 5.41) is 0. The van der Waals surface area contributed by atoms with Crippen LogP contribution >= 0.6 is 0 Å². The minimum atomic E-state index is -0.418. The molecular weight excluding hydrogens is 620 g/mol. The van der Waals surface area contributed by atoms with Gasteiger partial charge in [-0.05, 0) is 56.3 Å². The summed E-state index contributed by atoms with van der Waals surface area (Å²) < 4.78 is 20.7. The predicted molar refractivity (Wildman–Crippen MR) is 176 cm³/mol. The number of Topliss-reactive ketones (excluding diaryl/α,β-unsaturated/α-hetero) is 1. The molecule has 4 aromatic rings. The highest BCUT2D eigenvalue weighted by atomic mass is 16.7. The quantitative estimate of drug-likeness (QED) is 0.297. The predicted octanol–water partition coefficient (Wildman–Crippen LogP) is 1.43. The van der Waals surface area contributed by atoms with Gasteiger partial charge in [0.1, 0.15) is 5.78 Å². The normalized spacial score (nSPS) is 20.2. The van der Waals surface area contributed by atoms with Gasteiger partial charge in [0.05, 0.1) is 25.9 Å². The summed E-state index contributed by atoms with van der Waals surface area (Å²) in [5.41, 5.74) is 0.744. The third kappa shape index (κ3) is 6.02. The SMILES string of the molecule is Cn1c(=O)n(CC2CCC(=O)CC2)c(=O)c2c1ncn2CC1CC1.Cn1cnc2c1c(=O)n(CC1CCC3(CC1)OCCO3)c(=O)n2C. The van der Waals surface area contributed by atoms with Crippen molar-refractivity contribution in [3.05, 3.63) is 54.3 Å². The highest BCUT2D eigenvalue weighted by molar-refractivity contribution is 5.79. The highest BCUT2D eigenvalue weighted by Gasteiger charge is 2.40. The summed E-state index contributed by atoms with van der Waals surface area (Å²) in [5.74, 6) is 0.976. The molecule has 0 amide bonds. The highest BCUT2D eigenvalue weighted by Crippen LogP contribution is 2.38. The van der Waals surface area contributed by atoms with E-state index >= 15 is 0 Å². The molecule has 4 aromatic heterocycles. The molecule has 0 aromatic carbocycles. The first-order chi connectivity index (χ1) is 23.0. The van der Waals surface area contributed by atoms with Crippen molar-refractivity contribution in [1.29, 1.82) is 0 Å². The fourth-order valence-corrected chi connectivity index (χ4v) is 7.54. The molecule has 5 heterocycles. The zero-order valence-corrected chi connectivity index (χ0v) is 27.9. The maximum absolute atomic E-state index is 12.9. The van der Waals surface area contributed by atoms with Crippen LogP contribution in [-0.4, -0.2) is 62.2 Å². The largest absolute Gasteiger partial charge is 0.348 e. The van der Waals surface area contributed by atoms with Gasteiger partial charge >= 0.3 is 11.4 Å². The number of fused-ring (bicyclic) bond motifs is 2. The minimum absolute atomic E-state index is 0.213. The molecule has 48 heavy (non-hydrogen) atoms. The standard InChI is InChI=1S/C17H22N4O3.C16H22N4O4/c1-19-15-14(20(10-18-15)8-11-2-3-11)16(23)21(17(19)24)9-12-4-6-13(22)7-5-12;1-18-10-17-13-12(18)14(21)20(15(22)19(13)2)9-11-3-5-16(6-4-11)23-7-8-24-16/h10-12H,2-9H2,1H3;10-11H,3-9H2,1-2H3. The molecule has 0 bridgehead atoms. The molecule has 0 N–H and O–H groups in total. The van der Waals surface area contributed by atoms with E-state index in [4.69, 9.17) is 9.47 Å². The Morgan fingerprint density at radius 3 is 1.75 bits per heavy atom. The molecule has 0 radical (unpaired) electrons. The Hall–Kier alpha value is -4.11. The Morgan fingerprint density at radius 2 is 1.17 bits per heavy atom. The smallest absolute Gasteiger partial charge is 0.332 e. The Balaban J connectivity index is 0.000000152. The lowest BCUT2D eigenvalue weighted by Crippen LogP contribution is -2.43. The Bertz CT molecular complexity index is 2080. The second-order valence-electron chi connectivity index (χ2n) is 14.1.